The molecule has 0 aliphatic carbocycles. The van der Waals surface area contributed by atoms with Crippen LogP contribution in [0.2, 0.25) is 0 Å². The average molecular weight is 339 g/mol. The number of hydrogen-bond acceptors (Lipinski definition) is 3. The largest absolute Gasteiger partial charge is 0.454 e. The predicted molar refractivity (Wildman–Crippen MR) is 97.8 cm³/mol. The molecule has 0 spiro atoms. The zero-order chi connectivity index (χ0) is 17.6. The molecule has 2 aromatic rings. The summed E-state index contributed by atoms with van der Waals surface area (Å²) in [5.41, 5.74) is 3.39. The van der Waals surface area contributed by atoms with Gasteiger partial charge >= 0.3 is 0 Å². The molecule has 0 N–H and O–H groups in total. The Morgan fingerprint density at radius 2 is 1.92 bits per heavy atom. The number of unbranched alkanes of at least 4 members (excludes halogenated alkanes) is 1. The molecule has 4 nitrogen and oxygen atoms in total. The number of amides is 1. The van der Waals surface area contributed by atoms with E-state index in [0.29, 0.717) is 13.0 Å². The summed E-state index contributed by atoms with van der Waals surface area (Å²) >= 11 is 0. The van der Waals surface area contributed by atoms with E-state index in [0.717, 1.165) is 36.4 Å². The molecule has 0 saturated heterocycles. The zero-order valence-electron chi connectivity index (χ0n) is 15.0. The van der Waals surface area contributed by atoms with Gasteiger partial charge in [0, 0.05) is 13.1 Å². The molecule has 0 saturated carbocycles. The molecule has 1 heterocycles. The second-order valence-electron chi connectivity index (χ2n) is 6.46. The number of ether oxygens (including phenoxy) is 2. The molecule has 0 bridgehead atoms. The van der Waals surface area contributed by atoms with Gasteiger partial charge in [-0.2, -0.15) is 0 Å². The molecule has 25 heavy (non-hydrogen) atoms. The summed E-state index contributed by atoms with van der Waals surface area (Å²) in [6.07, 6.45) is 2.46. The van der Waals surface area contributed by atoms with Crippen LogP contribution in [0.4, 0.5) is 0 Å². The molecule has 0 fully saturated rings. The third kappa shape index (κ3) is 4.32. The Bertz CT molecular complexity index is 742. The topological polar surface area (TPSA) is 38.8 Å². The van der Waals surface area contributed by atoms with Crippen molar-refractivity contribution in [2.45, 2.75) is 39.7 Å². The highest BCUT2D eigenvalue weighted by Crippen LogP contribution is 2.32. The molecular formula is C21H25NO3. The Morgan fingerprint density at radius 1 is 1.12 bits per heavy atom. The number of fused-ring (bicyclic) bond motifs is 1. The van der Waals surface area contributed by atoms with Crippen LogP contribution in [0.15, 0.2) is 42.5 Å². The van der Waals surface area contributed by atoms with Crippen molar-refractivity contribution in [3.63, 3.8) is 0 Å². The van der Waals surface area contributed by atoms with Gasteiger partial charge < -0.3 is 14.4 Å². The number of hydrogen-bond donors (Lipinski definition) is 0. The molecule has 3 rings (SSSR count). The highest BCUT2D eigenvalue weighted by atomic mass is 16.7. The van der Waals surface area contributed by atoms with Crippen molar-refractivity contribution in [1.82, 2.24) is 4.90 Å². The van der Waals surface area contributed by atoms with Crippen LogP contribution in [0, 0.1) is 6.92 Å². The van der Waals surface area contributed by atoms with Gasteiger partial charge in [-0.15, -0.1) is 0 Å². The van der Waals surface area contributed by atoms with Gasteiger partial charge in [-0.05, 0) is 42.2 Å². The van der Waals surface area contributed by atoms with E-state index in [1.807, 2.05) is 35.2 Å². The molecule has 0 atom stereocenters. The maximum Gasteiger partial charge on any atom is 0.231 e. The van der Waals surface area contributed by atoms with Gasteiger partial charge in [0.1, 0.15) is 0 Å². The van der Waals surface area contributed by atoms with Crippen molar-refractivity contribution in [3.05, 3.63) is 59.2 Å². The summed E-state index contributed by atoms with van der Waals surface area (Å²) in [4.78, 5) is 14.9. The molecule has 0 aromatic heterocycles. The standard InChI is InChI=1S/C21H25NO3/c1-3-4-11-22(14-18-8-6-5-7-16(18)2)21(23)13-17-9-10-19-20(12-17)25-15-24-19/h5-10,12H,3-4,11,13-15H2,1-2H3. The van der Waals surface area contributed by atoms with Crippen molar-refractivity contribution in [2.75, 3.05) is 13.3 Å². The van der Waals surface area contributed by atoms with E-state index in [1.54, 1.807) is 0 Å². The molecule has 2 aromatic carbocycles. The Balaban J connectivity index is 1.71. The lowest BCUT2D eigenvalue weighted by Crippen LogP contribution is -2.33. The van der Waals surface area contributed by atoms with Gasteiger partial charge in [0.2, 0.25) is 12.7 Å². The minimum atomic E-state index is 0.149. The fraction of sp³-hybridized carbons (Fsp3) is 0.381. The summed E-state index contributed by atoms with van der Waals surface area (Å²) < 4.78 is 10.7. The Kier molecular flexibility index (Phi) is 5.59. The van der Waals surface area contributed by atoms with Crippen LogP contribution in [0.25, 0.3) is 0 Å². The van der Waals surface area contributed by atoms with Crippen molar-refractivity contribution in [3.8, 4) is 11.5 Å². The lowest BCUT2D eigenvalue weighted by atomic mass is 10.1. The number of benzene rings is 2. The van der Waals surface area contributed by atoms with Crippen LogP contribution >= 0.6 is 0 Å². The first-order valence-electron chi connectivity index (χ1n) is 8.88. The SMILES string of the molecule is CCCCN(Cc1ccccc1C)C(=O)Cc1ccc2c(c1)OCO2. The van der Waals surface area contributed by atoms with Crippen molar-refractivity contribution in [1.29, 1.82) is 0 Å². The Hall–Kier alpha value is -2.49. The quantitative estimate of drug-likeness (QED) is 0.762. The number of rotatable bonds is 7. The van der Waals surface area contributed by atoms with E-state index in [4.69, 9.17) is 9.47 Å². The first-order chi connectivity index (χ1) is 12.2. The average Bonchev–Trinajstić information content (AvgIpc) is 3.07. The number of carbonyl (C=O) groups is 1. The summed E-state index contributed by atoms with van der Waals surface area (Å²) in [7, 11) is 0. The maximum atomic E-state index is 12.9. The molecule has 1 aliphatic rings. The lowest BCUT2D eigenvalue weighted by molar-refractivity contribution is -0.131. The third-order valence-electron chi connectivity index (χ3n) is 4.55. The van der Waals surface area contributed by atoms with Crippen molar-refractivity contribution >= 4 is 5.91 Å². The highest BCUT2D eigenvalue weighted by molar-refractivity contribution is 5.79. The lowest BCUT2D eigenvalue weighted by Gasteiger charge is -2.24. The van der Waals surface area contributed by atoms with E-state index in [9.17, 15) is 4.79 Å². The van der Waals surface area contributed by atoms with Crippen LogP contribution in [0.3, 0.4) is 0 Å². The van der Waals surface area contributed by atoms with Crippen molar-refractivity contribution in [2.24, 2.45) is 0 Å². The molecular weight excluding hydrogens is 314 g/mol. The minimum Gasteiger partial charge on any atom is -0.454 e. The number of aryl methyl sites for hydroxylation is 1. The fourth-order valence-corrected chi connectivity index (χ4v) is 2.97. The summed E-state index contributed by atoms with van der Waals surface area (Å²) in [6, 6.07) is 14.0. The summed E-state index contributed by atoms with van der Waals surface area (Å²) in [5, 5.41) is 0. The maximum absolute atomic E-state index is 12.9. The van der Waals surface area contributed by atoms with Gasteiger partial charge in [0.05, 0.1) is 6.42 Å². The number of carbonyl (C=O) groups excluding carboxylic acids is 1. The van der Waals surface area contributed by atoms with Crippen LogP contribution in [-0.2, 0) is 17.8 Å². The molecule has 4 heteroatoms. The summed E-state index contributed by atoms with van der Waals surface area (Å²) in [6.45, 7) is 5.94. The summed E-state index contributed by atoms with van der Waals surface area (Å²) in [5.74, 6) is 1.62. The Morgan fingerprint density at radius 3 is 2.72 bits per heavy atom. The van der Waals surface area contributed by atoms with Gasteiger partial charge in [-0.1, -0.05) is 43.7 Å². The highest BCUT2D eigenvalue weighted by Gasteiger charge is 2.18. The van der Waals surface area contributed by atoms with Gasteiger partial charge in [0.15, 0.2) is 11.5 Å². The number of nitrogens with zero attached hydrogens (tertiary/aromatic N) is 1. The first kappa shape index (κ1) is 17.3. The van der Waals surface area contributed by atoms with Crippen molar-refractivity contribution < 1.29 is 14.3 Å². The molecule has 1 amide bonds. The zero-order valence-corrected chi connectivity index (χ0v) is 15.0. The van der Waals surface area contributed by atoms with Gasteiger partial charge in [-0.3, -0.25) is 4.79 Å². The van der Waals surface area contributed by atoms with Crippen LogP contribution in [0.1, 0.15) is 36.5 Å². The molecule has 1 aliphatic heterocycles. The minimum absolute atomic E-state index is 0.149. The van der Waals surface area contributed by atoms with Crippen LogP contribution in [-0.4, -0.2) is 24.1 Å². The molecule has 132 valence electrons. The molecule has 0 unspecified atom stereocenters. The van der Waals surface area contributed by atoms with Gasteiger partial charge in [0.25, 0.3) is 0 Å². The second kappa shape index (κ2) is 8.06. The molecule has 0 radical (unpaired) electrons. The van der Waals surface area contributed by atoms with E-state index in [-0.39, 0.29) is 12.7 Å². The van der Waals surface area contributed by atoms with E-state index < -0.39 is 0 Å². The van der Waals surface area contributed by atoms with Crippen LogP contribution < -0.4 is 9.47 Å². The van der Waals surface area contributed by atoms with E-state index in [1.165, 1.54) is 11.1 Å². The van der Waals surface area contributed by atoms with Crippen LogP contribution in [0.5, 0.6) is 11.5 Å². The third-order valence-corrected chi connectivity index (χ3v) is 4.55. The first-order valence-corrected chi connectivity index (χ1v) is 8.88. The monoisotopic (exact) mass is 339 g/mol. The second-order valence-corrected chi connectivity index (χ2v) is 6.46. The smallest absolute Gasteiger partial charge is 0.231 e. The van der Waals surface area contributed by atoms with Gasteiger partial charge in [-0.25, -0.2) is 0 Å². The fourth-order valence-electron chi connectivity index (χ4n) is 2.97. The van der Waals surface area contributed by atoms with E-state index in [2.05, 4.69) is 26.0 Å². The Labute approximate surface area is 149 Å². The predicted octanol–water partition coefficient (Wildman–Crippen LogP) is 4.10. The normalized spacial score (nSPS) is 12.2. The van der Waals surface area contributed by atoms with E-state index >= 15 is 0 Å².